The Morgan fingerprint density at radius 2 is 2.33 bits per heavy atom. The summed E-state index contributed by atoms with van der Waals surface area (Å²) in [5.74, 6) is -0.986. The van der Waals surface area contributed by atoms with Gasteiger partial charge >= 0.3 is 5.97 Å². The summed E-state index contributed by atoms with van der Waals surface area (Å²) in [5.41, 5.74) is 1.86. The number of H-pyrrole nitrogens is 1. The Hall–Kier alpha value is -2.17. The van der Waals surface area contributed by atoms with Crippen LogP contribution in [0.1, 0.15) is 16.1 Å². The lowest BCUT2D eigenvalue weighted by molar-refractivity contribution is 0.0697. The summed E-state index contributed by atoms with van der Waals surface area (Å²) in [6.07, 6.45) is 3.21. The van der Waals surface area contributed by atoms with Crippen molar-refractivity contribution in [2.75, 3.05) is 0 Å². The fraction of sp³-hybridized carbons (Fsp3) is 0.100. The van der Waals surface area contributed by atoms with Gasteiger partial charge in [-0.25, -0.2) is 4.79 Å². The van der Waals surface area contributed by atoms with Crippen LogP contribution in [0.5, 0.6) is 0 Å². The number of rotatable bonds is 2. The average Bonchev–Trinajstić information content (AvgIpc) is 2.61. The van der Waals surface area contributed by atoms with E-state index >= 15 is 0 Å². The molecule has 0 spiro atoms. The van der Waals surface area contributed by atoms with E-state index in [9.17, 15) is 4.79 Å². The number of nitrogens with one attached hydrogen (secondary N) is 1. The Morgan fingerprint density at radius 1 is 1.53 bits per heavy atom. The van der Waals surface area contributed by atoms with E-state index in [2.05, 4.69) is 15.2 Å². The molecule has 2 heterocycles. The Balaban J connectivity index is 2.59. The molecule has 0 saturated heterocycles. The van der Waals surface area contributed by atoms with Crippen LogP contribution in [0.4, 0.5) is 0 Å². The van der Waals surface area contributed by atoms with Gasteiger partial charge in [0.2, 0.25) is 0 Å². The van der Waals surface area contributed by atoms with Gasteiger partial charge in [-0.15, -0.1) is 0 Å². The third-order valence-corrected chi connectivity index (χ3v) is 2.10. The molecular formula is C10H9N3O2. The average molecular weight is 203 g/mol. The molecule has 2 aromatic heterocycles. The quantitative estimate of drug-likeness (QED) is 0.774. The first-order valence-electron chi connectivity index (χ1n) is 4.39. The summed E-state index contributed by atoms with van der Waals surface area (Å²) in [5, 5.41) is 15.6. The Labute approximate surface area is 85.8 Å². The maximum atomic E-state index is 11.0. The van der Waals surface area contributed by atoms with Crippen LogP contribution in [0.2, 0.25) is 0 Å². The molecule has 2 N–H and O–H groups in total. The molecule has 0 bridgehead atoms. The van der Waals surface area contributed by atoms with Crippen LogP contribution in [0, 0.1) is 6.92 Å². The van der Waals surface area contributed by atoms with Crippen molar-refractivity contribution in [3.8, 4) is 11.3 Å². The summed E-state index contributed by atoms with van der Waals surface area (Å²) < 4.78 is 0. The van der Waals surface area contributed by atoms with Gasteiger partial charge < -0.3 is 5.11 Å². The molecule has 2 aromatic rings. The molecule has 0 saturated carbocycles. The van der Waals surface area contributed by atoms with Gasteiger partial charge in [-0.1, -0.05) is 0 Å². The molecule has 2 rings (SSSR count). The van der Waals surface area contributed by atoms with Crippen LogP contribution in [-0.2, 0) is 0 Å². The standard InChI is InChI=1S/C10H9N3O2/c1-6-8(10(14)15)9(13-12-6)7-3-2-4-11-5-7/h2-5H,1H3,(H,12,13)(H,14,15). The molecule has 0 amide bonds. The highest BCUT2D eigenvalue weighted by Crippen LogP contribution is 2.22. The van der Waals surface area contributed by atoms with Crippen LogP contribution in [0.15, 0.2) is 24.5 Å². The molecule has 0 atom stereocenters. The fourth-order valence-corrected chi connectivity index (χ4v) is 1.40. The van der Waals surface area contributed by atoms with Crippen molar-refractivity contribution in [2.45, 2.75) is 6.92 Å². The normalized spacial score (nSPS) is 10.2. The molecule has 0 aliphatic carbocycles. The van der Waals surface area contributed by atoms with Gasteiger partial charge in [-0.2, -0.15) is 5.10 Å². The van der Waals surface area contributed by atoms with Crippen molar-refractivity contribution >= 4 is 5.97 Å². The zero-order valence-electron chi connectivity index (χ0n) is 8.06. The van der Waals surface area contributed by atoms with Crippen LogP contribution in [-0.4, -0.2) is 26.3 Å². The van der Waals surface area contributed by atoms with Crippen molar-refractivity contribution in [1.29, 1.82) is 0 Å². The second-order valence-corrected chi connectivity index (χ2v) is 3.12. The number of nitrogens with zero attached hydrogens (tertiary/aromatic N) is 2. The Kier molecular flexibility index (Phi) is 2.21. The largest absolute Gasteiger partial charge is 0.478 e. The van der Waals surface area contributed by atoms with Gasteiger partial charge in [0.05, 0.1) is 0 Å². The predicted octanol–water partition coefficient (Wildman–Crippen LogP) is 1.48. The van der Waals surface area contributed by atoms with Gasteiger partial charge in [-0.05, 0) is 19.1 Å². The van der Waals surface area contributed by atoms with E-state index in [0.29, 0.717) is 17.0 Å². The highest BCUT2D eigenvalue weighted by Gasteiger charge is 2.18. The number of aromatic nitrogens is 3. The summed E-state index contributed by atoms with van der Waals surface area (Å²) in [6, 6.07) is 3.51. The molecule has 15 heavy (non-hydrogen) atoms. The fourth-order valence-electron chi connectivity index (χ4n) is 1.40. The summed E-state index contributed by atoms with van der Waals surface area (Å²) >= 11 is 0. The lowest BCUT2D eigenvalue weighted by Gasteiger charge is -1.97. The summed E-state index contributed by atoms with van der Waals surface area (Å²) in [4.78, 5) is 14.9. The molecule has 5 nitrogen and oxygen atoms in total. The number of aromatic carboxylic acids is 1. The minimum absolute atomic E-state index is 0.197. The second-order valence-electron chi connectivity index (χ2n) is 3.12. The van der Waals surface area contributed by atoms with E-state index in [1.165, 1.54) is 0 Å². The lowest BCUT2D eigenvalue weighted by atomic mass is 10.1. The minimum Gasteiger partial charge on any atom is -0.478 e. The lowest BCUT2D eigenvalue weighted by Crippen LogP contribution is -1.99. The zero-order valence-corrected chi connectivity index (χ0v) is 8.06. The van der Waals surface area contributed by atoms with Gasteiger partial charge in [0, 0.05) is 23.7 Å². The number of aryl methyl sites for hydroxylation is 1. The third-order valence-electron chi connectivity index (χ3n) is 2.10. The van der Waals surface area contributed by atoms with E-state index in [1.54, 1.807) is 31.5 Å². The maximum absolute atomic E-state index is 11.0. The van der Waals surface area contributed by atoms with E-state index in [-0.39, 0.29) is 5.56 Å². The first-order chi connectivity index (χ1) is 7.20. The van der Waals surface area contributed by atoms with E-state index in [4.69, 9.17) is 5.11 Å². The van der Waals surface area contributed by atoms with E-state index in [0.717, 1.165) is 0 Å². The number of carbonyl (C=O) groups is 1. The number of hydrogen-bond donors (Lipinski definition) is 2. The monoisotopic (exact) mass is 203 g/mol. The molecule has 0 aliphatic rings. The first kappa shape index (κ1) is 9.39. The molecule has 0 radical (unpaired) electrons. The topological polar surface area (TPSA) is 78.9 Å². The number of hydrogen-bond acceptors (Lipinski definition) is 3. The smallest absolute Gasteiger partial charge is 0.339 e. The zero-order chi connectivity index (χ0) is 10.8. The van der Waals surface area contributed by atoms with Crippen molar-refractivity contribution in [3.63, 3.8) is 0 Å². The summed E-state index contributed by atoms with van der Waals surface area (Å²) in [7, 11) is 0. The van der Waals surface area contributed by atoms with Crippen molar-refractivity contribution in [2.24, 2.45) is 0 Å². The minimum atomic E-state index is -0.986. The summed E-state index contributed by atoms with van der Waals surface area (Å²) in [6.45, 7) is 1.68. The molecule has 0 fully saturated rings. The number of carboxylic acids is 1. The van der Waals surface area contributed by atoms with Gasteiger partial charge in [0.15, 0.2) is 0 Å². The van der Waals surface area contributed by atoms with E-state index < -0.39 is 5.97 Å². The van der Waals surface area contributed by atoms with Crippen LogP contribution in [0.25, 0.3) is 11.3 Å². The van der Waals surface area contributed by atoms with Gasteiger partial charge in [-0.3, -0.25) is 10.1 Å². The highest BCUT2D eigenvalue weighted by molar-refractivity contribution is 5.95. The van der Waals surface area contributed by atoms with E-state index in [1.807, 2.05) is 0 Å². The Morgan fingerprint density at radius 3 is 2.93 bits per heavy atom. The molecule has 0 aliphatic heterocycles. The molecule has 0 unspecified atom stereocenters. The molecule has 76 valence electrons. The number of pyridine rings is 1. The maximum Gasteiger partial charge on any atom is 0.339 e. The van der Waals surface area contributed by atoms with Crippen LogP contribution >= 0.6 is 0 Å². The van der Waals surface area contributed by atoms with Gasteiger partial charge in [0.1, 0.15) is 11.3 Å². The predicted molar refractivity (Wildman–Crippen MR) is 53.5 cm³/mol. The number of carboxylic acid groups (broad SMARTS) is 1. The SMILES string of the molecule is Cc1[nH]nc(-c2cccnc2)c1C(=O)O. The van der Waals surface area contributed by atoms with Crippen molar-refractivity contribution in [3.05, 3.63) is 35.8 Å². The second kappa shape index (κ2) is 3.53. The highest BCUT2D eigenvalue weighted by atomic mass is 16.4. The number of aromatic amines is 1. The first-order valence-corrected chi connectivity index (χ1v) is 4.39. The molecular weight excluding hydrogens is 194 g/mol. The molecule has 5 heteroatoms. The van der Waals surface area contributed by atoms with Crippen LogP contribution in [0.3, 0.4) is 0 Å². The third kappa shape index (κ3) is 1.59. The van der Waals surface area contributed by atoms with Crippen molar-refractivity contribution < 1.29 is 9.90 Å². The van der Waals surface area contributed by atoms with Gasteiger partial charge in [0.25, 0.3) is 0 Å². The van der Waals surface area contributed by atoms with Crippen LogP contribution < -0.4 is 0 Å². The Bertz CT molecular complexity index is 491. The van der Waals surface area contributed by atoms with Crippen molar-refractivity contribution in [1.82, 2.24) is 15.2 Å². The molecule has 0 aromatic carbocycles.